The Bertz CT molecular complexity index is 149. The number of hydrogen-bond acceptors (Lipinski definition) is 3. The van der Waals surface area contributed by atoms with Crippen molar-refractivity contribution in [3.63, 3.8) is 0 Å². The second-order valence-electron chi connectivity index (χ2n) is 4.82. The molecular weight excluding hydrogens is 188 g/mol. The third kappa shape index (κ3) is 8.85. The van der Waals surface area contributed by atoms with Gasteiger partial charge in [0, 0.05) is 6.54 Å². The fourth-order valence-electron chi connectivity index (χ4n) is 1.58. The monoisotopic (exact) mass is 216 g/mol. The Morgan fingerprint density at radius 1 is 1.20 bits per heavy atom. The summed E-state index contributed by atoms with van der Waals surface area (Å²) in [5, 5.41) is 9.71. The molecule has 0 rings (SSSR count). The zero-order chi connectivity index (χ0) is 11.7. The van der Waals surface area contributed by atoms with E-state index in [0.29, 0.717) is 6.54 Å². The van der Waals surface area contributed by atoms with Gasteiger partial charge in [0.25, 0.3) is 0 Å². The number of nitrogens with two attached hydrogens (primary N) is 1. The Balaban J connectivity index is 3.42. The lowest BCUT2D eigenvalue weighted by Crippen LogP contribution is -2.35. The molecule has 0 heterocycles. The molecule has 0 aromatic carbocycles. The first kappa shape index (κ1) is 14.9. The van der Waals surface area contributed by atoms with Crippen molar-refractivity contribution in [3.05, 3.63) is 0 Å². The topological polar surface area (TPSA) is 49.5 Å². The Labute approximate surface area is 94.6 Å². The first-order valence-corrected chi connectivity index (χ1v) is 6.13. The molecule has 15 heavy (non-hydrogen) atoms. The van der Waals surface area contributed by atoms with Crippen molar-refractivity contribution >= 4 is 0 Å². The minimum Gasteiger partial charge on any atom is -0.389 e. The fourth-order valence-corrected chi connectivity index (χ4v) is 1.58. The van der Waals surface area contributed by atoms with E-state index in [2.05, 4.69) is 18.9 Å². The fraction of sp³-hybridized carbons (Fsp3) is 1.00. The molecule has 1 atom stereocenters. The van der Waals surface area contributed by atoms with Crippen LogP contribution in [0.3, 0.4) is 0 Å². The molecule has 3 N–H and O–H groups in total. The molecule has 3 heteroatoms. The van der Waals surface area contributed by atoms with Crippen LogP contribution in [0.5, 0.6) is 0 Å². The van der Waals surface area contributed by atoms with Crippen molar-refractivity contribution in [3.8, 4) is 0 Å². The maximum absolute atomic E-state index is 9.71. The molecule has 0 saturated heterocycles. The molecular formula is C12H28N2O. The zero-order valence-corrected chi connectivity index (χ0v) is 10.6. The van der Waals surface area contributed by atoms with Gasteiger partial charge in [0.1, 0.15) is 0 Å². The molecule has 0 aromatic heterocycles. The van der Waals surface area contributed by atoms with Crippen LogP contribution in [0, 0.1) is 0 Å². The van der Waals surface area contributed by atoms with Gasteiger partial charge in [-0.15, -0.1) is 0 Å². The van der Waals surface area contributed by atoms with Crippen molar-refractivity contribution in [2.45, 2.75) is 51.6 Å². The van der Waals surface area contributed by atoms with Gasteiger partial charge in [-0.3, -0.25) is 0 Å². The molecule has 1 unspecified atom stereocenters. The van der Waals surface area contributed by atoms with Crippen molar-refractivity contribution < 1.29 is 5.11 Å². The molecule has 0 bridgehead atoms. The van der Waals surface area contributed by atoms with Crippen LogP contribution in [-0.2, 0) is 0 Å². The van der Waals surface area contributed by atoms with E-state index < -0.39 is 5.60 Å². The number of rotatable bonds is 9. The van der Waals surface area contributed by atoms with E-state index in [1.807, 2.05) is 6.92 Å². The molecule has 0 saturated carbocycles. The van der Waals surface area contributed by atoms with Crippen LogP contribution in [0.25, 0.3) is 0 Å². The largest absolute Gasteiger partial charge is 0.389 e. The third-order valence-electron chi connectivity index (χ3n) is 2.84. The number of aliphatic hydroxyl groups is 1. The second kappa shape index (κ2) is 8.08. The van der Waals surface area contributed by atoms with Gasteiger partial charge in [-0.1, -0.05) is 19.8 Å². The summed E-state index contributed by atoms with van der Waals surface area (Å²) >= 11 is 0. The lowest BCUT2D eigenvalue weighted by atomic mass is 10.0. The molecule has 0 aliphatic rings. The van der Waals surface area contributed by atoms with Gasteiger partial charge >= 0.3 is 0 Å². The first-order chi connectivity index (χ1) is 7.02. The summed E-state index contributed by atoms with van der Waals surface area (Å²) in [5.74, 6) is 0. The second-order valence-corrected chi connectivity index (χ2v) is 4.82. The van der Waals surface area contributed by atoms with E-state index in [1.165, 1.54) is 25.8 Å². The van der Waals surface area contributed by atoms with Crippen LogP contribution in [0.1, 0.15) is 46.0 Å². The Hall–Kier alpha value is -0.120. The van der Waals surface area contributed by atoms with Crippen molar-refractivity contribution in [2.24, 2.45) is 5.73 Å². The summed E-state index contributed by atoms with van der Waals surface area (Å²) in [6.07, 6.45) is 5.68. The molecule has 0 aliphatic carbocycles. The quantitative estimate of drug-likeness (QED) is 0.576. The minimum atomic E-state index is -0.676. The SMILES string of the molecule is CCCCCN(C)CCCC(C)(O)CN. The highest BCUT2D eigenvalue weighted by Gasteiger charge is 2.17. The maximum Gasteiger partial charge on any atom is 0.0741 e. The average molecular weight is 216 g/mol. The summed E-state index contributed by atoms with van der Waals surface area (Å²) in [4.78, 5) is 2.34. The minimum absolute atomic E-state index is 0.354. The van der Waals surface area contributed by atoms with Gasteiger partial charge in [-0.05, 0) is 46.3 Å². The van der Waals surface area contributed by atoms with Gasteiger partial charge in [-0.2, -0.15) is 0 Å². The standard InChI is InChI=1S/C12H28N2O/c1-4-5-6-9-14(3)10-7-8-12(2,15)11-13/h15H,4-11,13H2,1-3H3. The van der Waals surface area contributed by atoms with Gasteiger partial charge in [0.2, 0.25) is 0 Å². The molecule has 92 valence electrons. The lowest BCUT2D eigenvalue weighted by Gasteiger charge is -2.23. The molecule has 0 aromatic rings. The van der Waals surface area contributed by atoms with Gasteiger partial charge in [-0.25, -0.2) is 0 Å². The van der Waals surface area contributed by atoms with E-state index >= 15 is 0 Å². The highest BCUT2D eigenvalue weighted by molar-refractivity contribution is 4.73. The summed E-state index contributed by atoms with van der Waals surface area (Å²) in [7, 11) is 2.15. The molecule has 3 nitrogen and oxygen atoms in total. The average Bonchev–Trinajstić information content (AvgIpc) is 2.18. The molecule has 0 aliphatic heterocycles. The molecule has 0 amide bonds. The van der Waals surface area contributed by atoms with E-state index in [-0.39, 0.29) is 0 Å². The molecule has 0 fully saturated rings. The first-order valence-electron chi connectivity index (χ1n) is 6.13. The Morgan fingerprint density at radius 3 is 2.33 bits per heavy atom. The normalized spacial score (nSPS) is 15.6. The number of unbranched alkanes of at least 4 members (excludes halogenated alkanes) is 2. The number of nitrogens with zero attached hydrogens (tertiary/aromatic N) is 1. The van der Waals surface area contributed by atoms with E-state index in [1.54, 1.807) is 0 Å². The van der Waals surface area contributed by atoms with Crippen LogP contribution >= 0.6 is 0 Å². The predicted octanol–water partition coefficient (Wildman–Crippen LogP) is 1.60. The summed E-state index contributed by atoms with van der Waals surface area (Å²) < 4.78 is 0. The number of hydrogen-bond donors (Lipinski definition) is 2. The summed E-state index contributed by atoms with van der Waals surface area (Å²) in [6.45, 7) is 6.60. The van der Waals surface area contributed by atoms with E-state index in [4.69, 9.17) is 5.73 Å². The highest BCUT2D eigenvalue weighted by Crippen LogP contribution is 2.10. The van der Waals surface area contributed by atoms with Crippen LogP contribution < -0.4 is 5.73 Å². The molecule has 0 radical (unpaired) electrons. The predicted molar refractivity (Wildman–Crippen MR) is 65.9 cm³/mol. The smallest absolute Gasteiger partial charge is 0.0741 e. The van der Waals surface area contributed by atoms with Gasteiger partial charge < -0.3 is 15.7 Å². The van der Waals surface area contributed by atoms with Crippen molar-refractivity contribution in [2.75, 3.05) is 26.7 Å². The lowest BCUT2D eigenvalue weighted by molar-refractivity contribution is 0.0552. The summed E-state index contributed by atoms with van der Waals surface area (Å²) in [5.41, 5.74) is 4.78. The van der Waals surface area contributed by atoms with Crippen LogP contribution in [0.15, 0.2) is 0 Å². The van der Waals surface area contributed by atoms with E-state index in [0.717, 1.165) is 19.4 Å². The van der Waals surface area contributed by atoms with Crippen LogP contribution in [-0.4, -0.2) is 42.3 Å². The van der Waals surface area contributed by atoms with Crippen molar-refractivity contribution in [1.82, 2.24) is 4.90 Å². The Kier molecular flexibility index (Phi) is 8.02. The van der Waals surface area contributed by atoms with E-state index in [9.17, 15) is 5.11 Å². The molecule has 0 spiro atoms. The van der Waals surface area contributed by atoms with Crippen molar-refractivity contribution in [1.29, 1.82) is 0 Å². The van der Waals surface area contributed by atoms with Gasteiger partial charge in [0.15, 0.2) is 0 Å². The van der Waals surface area contributed by atoms with Gasteiger partial charge in [0.05, 0.1) is 5.60 Å². The van der Waals surface area contributed by atoms with Crippen LogP contribution in [0.4, 0.5) is 0 Å². The van der Waals surface area contributed by atoms with Crippen LogP contribution in [0.2, 0.25) is 0 Å². The Morgan fingerprint density at radius 2 is 1.80 bits per heavy atom. The maximum atomic E-state index is 9.71. The zero-order valence-electron chi connectivity index (χ0n) is 10.6. The highest BCUT2D eigenvalue weighted by atomic mass is 16.3. The third-order valence-corrected chi connectivity index (χ3v) is 2.84. The summed E-state index contributed by atoms with van der Waals surface area (Å²) in [6, 6.07) is 0.